The summed E-state index contributed by atoms with van der Waals surface area (Å²) in [7, 11) is 0. The van der Waals surface area contributed by atoms with Crippen LogP contribution in [0, 0.1) is 11.3 Å². The zero-order valence-electron chi connectivity index (χ0n) is 11.0. The Labute approximate surface area is 99.3 Å². The van der Waals surface area contributed by atoms with Crippen LogP contribution in [0.4, 0.5) is 0 Å². The van der Waals surface area contributed by atoms with Crippen molar-refractivity contribution in [1.82, 2.24) is 0 Å². The quantitative estimate of drug-likeness (QED) is 0.615. The molecule has 0 aromatic rings. The fourth-order valence-electron chi connectivity index (χ4n) is 3.61. The summed E-state index contributed by atoms with van der Waals surface area (Å²) >= 11 is 0. The highest BCUT2D eigenvalue weighted by molar-refractivity contribution is 5.29. The molecule has 0 radical (unpaired) electrons. The molecule has 90 valence electrons. The Bertz CT molecular complexity index is 346. The Morgan fingerprint density at radius 2 is 2.12 bits per heavy atom. The van der Waals surface area contributed by atoms with E-state index in [2.05, 4.69) is 33.8 Å². The Morgan fingerprint density at radius 3 is 2.62 bits per heavy atom. The predicted octanol–water partition coefficient (Wildman–Crippen LogP) is 3.84. The summed E-state index contributed by atoms with van der Waals surface area (Å²) in [5.41, 5.74) is 4.94. The molecule has 1 heteroatoms. The third-order valence-corrected chi connectivity index (χ3v) is 4.87. The topological polar surface area (TPSA) is 20.2 Å². The molecule has 1 N–H and O–H groups in total. The smallest absolute Gasteiger partial charge is 0.0726 e. The maximum absolute atomic E-state index is 9.78. The third-order valence-electron chi connectivity index (χ3n) is 4.87. The largest absolute Gasteiger partial charge is 0.389 e. The Morgan fingerprint density at radius 1 is 1.44 bits per heavy atom. The zero-order chi connectivity index (χ0) is 11.9. The van der Waals surface area contributed by atoms with Gasteiger partial charge < -0.3 is 5.11 Å². The normalized spacial score (nSPS) is 39.1. The number of allylic oxidation sites excluding steroid dienone is 3. The maximum atomic E-state index is 9.78. The molecule has 0 aliphatic heterocycles. The molecule has 1 saturated carbocycles. The molecule has 0 aromatic carbocycles. The summed E-state index contributed by atoms with van der Waals surface area (Å²) in [6, 6.07) is 0. The van der Waals surface area contributed by atoms with Gasteiger partial charge in [-0.1, -0.05) is 29.7 Å². The molecule has 16 heavy (non-hydrogen) atoms. The van der Waals surface area contributed by atoms with E-state index in [1.54, 1.807) is 5.57 Å². The van der Waals surface area contributed by atoms with Crippen molar-refractivity contribution in [1.29, 1.82) is 0 Å². The standard InChI is InChI=1S/C15H24O/c1-10(2)13-5-6-15(9-13)11(3)7-14(16)8-12(15)4/h7,12,14,16H,5-6,8-9H2,1-4H3. The van der Waals surface area contributed by atoms with Crippen LogP contribution in [0.5, 0.6) is 0 Å². The molecular weight excluding hydrogens is 196 g/mol. The van der Waals surface area contributed by atoms with E-state index < -0.39 is 0 Å². The summed E-state index contributed by atoms with van der Waals surface area (Å²) in [4.78, 5) is 0. The van der Waals surface area contributed by atoms with Crippen LogP contribution in [-0.2, 0) is 0 Å². The van der Waals surface area contributed by atoms with Gasteiger partial charge in [-0.05, 0) is 57.8 Å². The Hall–Kier alpha value is -0.560. The van der Waals surface area contributed by atoms with Crippen molar-refractivity contribution in [3.63, 3.8) is 0 Å². The number of aliphatic hydroxyl groups excluding tert-OH is 1. The van der Waals surface area contributed by atoms with Crippen LogP contribution in [0.25, 0.3) is 0 Å². The highest BCUT2D eigenvalue weighted by Gasteiger charge is 2.44. The van der Waals surface area contributed by atoms with E-state index in [0.717, 1.165) is 6.42 Å². The molecule has 0 heterocycles. The van der Waals surface area contributed by atoms with Gasteiger partial charge in [-0.2, -0.15) is 0 Å². The van der Waals surface area contributed by atoms with Crippen LogP contribution in [0.2, 0.25) is 0 Å². The number of hydrogen-bond acceptors (Lipinski definition) is 1. The van der Waals surface area contributed by atoms with Crippen LogP contribution in [-0.4, -0.2) is 11.2 Å². The molecule has 3 atom stereocenters. The van der Waals surface area contributed by atoms with Crippen LogP contribution < -0.4 is 0 Å². The van der Waals surface area contributed by atoms with Crippen LogP contribution in [0.3, 0.4) is 0 Å². The number of aliphatic hydroxyl groups is 1. The first kappa shape index (κ1) is 11.9. The second kappa shape index (κ2) is 4.03. The van der Waals surface area contributed by atoms with E-state index in [4.69, 9.17) is 0 Å². The molecule has 0 aromatic heterocycles. The van der Waals surface area contributed by atoms with Crippen molar-refractivity contribution in [2.75, 3.05) is 0 Å². The van der Waals surface area contributed by atoms with Gasteiger partial charge in [-0.3, -0.25) is 0 Å². The minimum absolute atomic E-state index is 0.212. The predicted molar refractivity (Wildman–Crippen MR) is 68.2 cm³/mol. The molecule has 2 aliphatic rings. The average Bonchev–Trinajstić information content (AvgIpc) is 2.60. The molecule has 2 aliphatic carbocycles. The molecule has 1 spiro atoms. The van der Waals surface area contributed by atoms with Gasteiger partial charge >= 0.3 is 0 Å². The molecule has 1 nitrogen and oxygen atoms in total. The summed E-state index contributed by atoms with van der Waals surface area (Å²) in [5, 5.41) is 9.78. The van der Waals surface area contributed by atoms with Crippen molar-refractivity contribution in [3.05, 3.63) is 22.8 Å². The minimum atomic E-state index is -0.212. The molecule has 0 amide bonds. The molecule has 3 unspecified atom stereocenters. The second-order valence-corrected chi connectivity index (χ2v) is 5.99. The van der Waals surface area contributed by atoms with Crippen molar-refractivity contribution < 1.29 is 5.11 Å². The lowest BCUT2D eigenvalue weighted by Gasteiger charge is -2.41. The van der Waals surface area contributed by atoms with Crippen molar-refractivity contribution in [3.8, 4) is 0 Å². The first-order chi connectivity index (χ1) is 7.45. The van der Waals surface area contributed by atoms with Gasteiger partial charge in [0.1, 0.15) is 0 Å². The number of hydrogen-bond donors (Lipinski definition) is 1. The summed E-state index contributed by atoms with van der Waals surface area (Å²) in [6.45, 7) is 8.99. The fraction of sp³-hybridized carbons (Fsp3) is 0.733. The van der Waals surface area contributed by atoms with Gasteiger partial charge in [-0.25, -0.2) is 0 Å². The summed E-state index contributed by atoms with van der Waals surface area (Å²) in [6.07, 6.45) is 6.58. The minimum Gasteiger partial charge on any atom is -0.389 e. The van der Waals surface area contributed by atoms with Crippen LogP contribution >= 0.6 is 0 Å². The van der Waals surface area contributed by atoms with Crippen LogP contribution in [0.1, 0.15) is 53.4 Å². The SMILES string of the molecule is CC1=CC(O)CC(C)C12CCC(=C(C)C)C2. The lowest BCUT2D eigenvalue weighted by molar-refractivity contribution is 0.115. The van der Waals surface area contributed by atoms with Crippen molar-refractivity contribution >= 4 is 0 Å². The van der Waals surface area contributed by atoms with Gasteiger partial charge in [0.05, 0.1) is 6.10 Å². The number of rotatable bonds is 0. The van der Waals surface area contributed by atoms with Gasteiger partial charge in [0.2, 0.25) is 0 Å². The van der Waals surface area contributed by atoms with Gasteiger partial charge in [0.25, 0.3) is 0 Å². The van der Waals surface area contributed by atoms with Crippen molar-refractivity contribution in [2.24, 2.45) is 11.3 Å². The average molecular weight is 220 g/mol. The van der Waals surface area contributed by atoms with Gasteiger partial charge in [0, 0.05) is 0 Å². The first-order valence-electron chi connectivity index (χ1n) is 6.48. The Balaban J connectivity index is 2.33. The van der Waals surface area contributed by atoms with Gasteiger partial charge in [0.15, 0.2) is 0 Å². The second-order valence-electron chi connectivity index (χ2n) is 5.99. The molecule has 1 fully saturated rings. The molecule has 0 saturated heterocycles. The van der Waals surface area contributed by atoms with E-state index in [1.807, 2.05) is 0 Å². The zero-order valence-corrected chi connectivity index (χ0v) is 11.0. The summed E-state index contributed by atoms with van der Waals surface area (Å²) in [5.74, 6) is 0.615. The Kier molecular flexibility index (Phi) is 3.00. The molecule has 0 bridgehead atoms. The maximum Gasteiger partial charge on any atom is 0.0726 e. The first-order valence-corrected chi connectivity index (χ1v) is 6.48. The molecular formula is C15H24O. The highest BCUT2D eigenvalue weighted by Crippen LogP contribution is 2.55. The van der Waals surface area contributed by atoms with Crippen LogP contribution in [0.15, 0.2) is 22.8 Å². The third kappa shape index (κ3) is 1.75. The van der Waals surface area contributed by atoms with E-state index in [9.17, 15) is 5.11 Å². The van der Waals surface area contributed by atoms with E-state index in [-0.39, 0.29) is 6.10 Å². The monoisotopic (exact) mass is 220 g/mol. The fourth-order valence-corrected chi connectivity index (χ4v) is 3.61. The van der Waals surface area contributed by atoms with E-state index >= 15 is 0 Å². The van der Waals surface area contributed by atoms with E-state index in [1.165, 1.54) is 30.4 Å². The lowest BCUT2D eigenvalue weighted by Crippen LogP contribution is -2.34. The van der Waals surface area contributed by atoms with E-state index in [0.29, 0.717) is 11.3 Å². The van der Waals surface area contributed by atoms with Gasteiger partial charge in [-0.15, -0.1) is 0 Å². The summed E-state index contributed by atoms with van der Waals surface area (Å²) < 4.78 is 0. The highest BCUT2D eigenvalue weighted by atomic mass is 16.3. The molecule has 2 rings (SSSR count). The lowest BCUT2D eigenvalue weighted by atomic mass is 9.64. The van der Waals surface area contributed by atoms with Crippen molar-refractivity contribution in [2.45, 2.75) is 59.5 Å².